The van der Waals surface area contributed by atoms with E-state index >= 15 is 0 Å². The Morgan fingerprint density at radius 1 is 1.30 bits per heavy atom. The lowest BCUT2D eigenvalue weighted by molar-refractivity contribution is 0.0747. The number of carbonyl (C=O) groups is 1. The van der Waals surface area contributed by atoms with Gasteiger partial charge in [-0.15, -0.1) is 0 Å². The van der Waals surface area contributed by atoms with Crippen LogP contribution < -0.4 is 10.2 Å². The van der Waals surface area contributed by atoms with Crippen molar-refractivity contribution in [3.63, 3.8) is 0 Å². The summed E-state index contributed by atoms with van der Waals surface area (Å²) in [5.41, 5.74) is 2.60. The third-order valence-electron chi connectivity index (χ3n) is 4.04. The van der Waals surface area contributed by atoms with Crippen molar-refractivity contribution in [3.8, 4) is 0 Å². The zero-order valence-electron chi connectivity index (χ0n) is 13.2. The number of aryl methyl sites for hydroxylation is 1. The number of amides is 1. The van der Waals surface area contributed by atoms with E-state index in [1.54, 1.807) is 0 Å². The second-order valence-electron chi connectivity index (χ2n) is 5.48. The Kier molecular flexibility index (Phi) is 4.73. The lowest BCUT2D eigenvalue weighted by Crippen LogP contribution is -2.49. The Morgan fingerprint density at radius 3 is 2.70 bits per heavy atom. The molecule has 1 amide bonds. The zero-order chi connectivity index (χ0) is 16.4. The standard InChI is InChI=1S/C16H19ClN4OS/c1-11-14(15(18-2)23-19-11)16(22)21-8-6-20(7-9-21)13-5-3-4-12(17)10-13/h3-5,10,18H,6-9H2,1-2H3. The van der Waals surface area contributed by atoms with Gasteiger partial charge < -0.3 is 15.1 Å². The number of hydrogen-bond donors (Lipinski definition) is 1. The topological polar surface area (TPSA) is 48.5 Å². The predicted octanol–water partition coefficient (Wildman–Crippen LogP) is 3.11. The molecule has 1 N–H and O–H groups in total. The van der Waals surface area contributed by atoms with Crippen molar-refractivity contribution in [3.05, 3.63) is 40.5 Å². The summed E-state index contributed by atoms with van der Waals surface area (Å²) < 4.78 is 4.28. The number of piperazine rings is 1. The fourth-order valence-electron chi connectivity index (χ4n) is 2.79. The van der Waals surface area contributed by atoms with Gasteiger partial charge in [0, 0.05) is 43.9 Å². The summed E-state index contributed by atoms with van der Waals surface area (Å²) in [6, 6.07) is 7.84. The van der Waals surface area contributed by atoms with E-state index < -0.39 is 0 Å². The van der Waals surface area contributed by atoms with Crippen LogP contribution in [-0.2, 0) is 0 Å². The molecule has 122 valence electrons. The second-order valence-corrected chi connectivity index (χ2v) is 6.69. The summed E-state index contributed by atoms with van der Waals surface area (Å²) >= 11 is 7.39. The van der Waals surface area contributed by atoms with E-state index in [9.17, 15) is 4.79 Å². The van der Waals surface area contributed by atoms with Gasteiger partial charge in [0.25, 0.3) is 5.91 Å². The van der Waals surface area contributed by atoms with Gasteiger partial charge in [-0.25, -0.2) is 0 Å². The van der Waals surface area contributed by atoms with Crippen molar-refractivity contribution in [2.45, 2.75) is 6.92 Å². The monoisotopic (exact) mass is 350 g/mol. The van der Waals surface area contributed by atoms with Gasteiger partial charge in [-0.3, -0.25) is 4.79 Å². The average molecular weight is 351 g/mol. The molecule has 0 saturated carbocycles. The van der Waals surface area contributed by atoms with Gasteiger partial charge in [-0.2, -0.15) is 4.37 Å². The van der Waals surface area contributed by atoms with E-state index in [4.69, 9.17) is 11.6 Å². The van der Waals surface area contributed by atoms with Crippen LogP contribution in [0, 0.1) is 6.92 Å². The van der Waals surface area contributed by atoms with E-state index in [2.05, 4.69) is 20.7 Å². The van der Waals surface area contributed by atoms with Gasteiger partial charge in [0.2, 0.25) is 0 Å². The molecule has 0 unspecified atom stereocenters. The quantitative estimate of drug-likeness (QED) is 0.924. The van der Waals surface area contributed by atoms with Crippen molar-refractivity contribution >= 4 is 39.7 Å². The first-order valence-corrected chi connectivity index (χ1v) is 8.69. The van der Waals surface area contributed by atoms with Gasteiger partial charge in [0.1, 0.15) is 5.00 Å². The van der Waals surface area contributed by atoms with E-state index in [1.807, 2.05) is 37.1 Å². The third-order valence-corrected chi connectivity index (χ3v) is 5.23. The molecule has 1 aliphatic rings. The smallest absolute Gasteiger partial charge is 0.258 e. The Bertz CT molecular complexity index is 710. The van der Waals surface area contributed by atoms with Crippen LogP contribution in [0.15, 0.2) is 24.3 Å². The minimum Gasteiger partial charge on any atom is -0.378 e. The number of aromatic nitrogens is 1. The average Bonchev–Trinajstić information content (AvgIpc) is 2.95. The third kappa shape index (κ3) is 3.28. The molecule has 0 bridgehead atoms. The lowest BCUT2D eigenvalue weighted by Gasteiger charge is -2.36. The van der Waals surface area contributed by atoms with Gasteiger partial charge in [-0.1, -0.05) is 17.7 Å². The molecule has 23 heavy (non-hydrogen) atoms. The first kappa shape index (κ1) is 16.1. The molecular weight excluding hydrogens is 332 g/mol. The maximum atomic E-state index is 12.8. The summed E-state index contributed by atoms with van der Waals surface area (Å²) in [4.78, 5) is 16.9. The summed E-state index contributed by atoms with van der Waals surface area (Å²) in [5, 5.41) is 4.63. The van der Waals surface area contributed by atoms with Crippen molar-refractivity contribution in [2.75, 3.05) is 43.4 Å². The van der Waals surface area contributed by atoms with Crippen molar-refractivity contribution in [1.29, 1.82) is 0 Å². The molecule has 0 atom stereocenters. The van der Waals surface area contributed by atoms with Crippen LogP contribution >= 0.6 is 23.1 Å². The number of hydrogen-bond acceptors (Lipinski definition) is 5. The van der Waals surface area contributed by atoms with Crippen LogP contribution in [0.2, 0.25) is 5.02 Å². The Hall–Kier alpha value is -1.79. The van der Waals surface area contributed by atoms with Crippen LogP contribution in [-0.4, -0.2) is 48.4 Å². The molecule has 0 aliphatic carbocycles. The van der Waals surface area contributed by atoms with Gasteiger partial charge in [-0.05, 0) is 36.7 Å². The van der Waals surface area contributed by atoms with Crippen LogP contribution in [0.25, 0.3) is 0 Å². The molecule has 2 aromatic rings. The van der Waals surface area contributed by atoms with Crippen LogP contribution in [0.3, 0.4) is 0 Å². The van der Waals surface area contributed by atoms with E-state index in [1.165, 1.54) is 11.5 Å². The number of anilines is 2. The Morgan fingerprint density at radius 2 is 2.04 bits per heavy atom. The molecule has 1 aromatic carbocycles. The molecular formula is C16H19ClN4OS. The second kappa shape index (κ2) is 6.76. The van der Waals surface area contributed by atoms with Gasteiger partial charge >= 0.3 is 0 Å². The maximum Gasteiger partial charge on any atom is 0.258 e. The Balaban J connectivity index is 1.69. The molecule has 5 nitrogen and oxygen atoms in total. The van der Waals surface area contributed by atoms with Crippen LogP contribution in [0.4, 0.5) is 10.7 Å². The van der Waals surface area contributed by atoms with E-state index in [0.717, 1.165) is 34.5 Å². The minimum absolute atomic E-state index is 0.0614. The highest BCUT2D eigenvalue weighted by Gasteiger charge is 2.26. The molecule has 1 aromatic heterocycles. The van der Waals surface area contributed by atoms with Crippen molar-refractivity contribution < 1.29 is 4.79 Å². The molecule has 0 radical (unpaired) electrons. The lowest BCUT2D eigenvalue weighted by atomic mass is 10.2. The molecule has 0 spiro atoms. The Labute approximate surface area is 145 Å². The highest BCUT2D eigenvalue weighted by atomic mass is 35.5. The maximum absolute atomic E-state index is 12.8. The van der Waals surface area contributed by atoms with E-state index in [0.29, 0.717) is 18.7 Å². The number of halogens is 1. The molecule has 7 heteroatoms. The predicted molar refractivity (Wildman–Crippen MR) is 96.0 cm³/mol. The molecule has 2 heterocycles. The molecule has 3 rings (SSSR count). The minimum atomic E-state index is 0.0614. The van der Waals surface area contributed by atoms with Crippen molar-refractivity contribution in [2.24, 2.45) is 0 Å². The van der Waals surface area contributed by atoms with Gasteiger partial charge in [0.05, 0.1) is 11.3 Å². The fraction of sp³-hybridized carbons (Fsp3) is 0.375. The normalized spacial score (nSPS) is 14.9. The first-order chi connectivity index (χ1) is 11.1. The highest BCUT2D eigenvalue weighted by molar-refractivity contribution is 7.10. The number of nitrogens with one attached hydrogen (secondary N) is 1. The van der Waals surface area contributed by atoms with Gasteiger partial charge in [0.15, 0.2) is 0 Å². The number of nitrogens with zero attached hydrogens (tertiary/aromatic N) is 3. The summed E-state index contributed by atoms with van der Waals surface area (Å²) in [7, 11) is 1.82. The number of carbonyl (C=O) groups excluding carboxylic acids is 1. The van der Waals surface area contributed by atoms with Crippen LogP contribution in [0.5, 0.6) is 0 Å². The zero-order valence-corrected chi connectivity index (χ0v) is 14.7. The van der Waals surface area contributed by atoms with E-state index in [-0.39, 0.29) is 5.91 Å². The summed E-state index contributed by atoms with van der Waals surface area (Å²) in [5.74, 6) is 0.0614. The summed E-state index contributed by atoms with van der Waals surface area (Å²) in [6.45, 7) is 4.88. The molecule has 1 fully saturated rings. The molecule has 1 saturated heterocycles. The van der Waals surface area contributed by atoms with Crippen LogP contribution in [0.1, 0.15) is 16.1 Å². The summed E-state index contributed by atoms with van der Waals surface area (Å²) in [6.07, 6.45) is 0. The SMILES string of the molecule is CNc1snc(C)c1C(=O)N1CCN(c2cccc(Cl)c2)CC1. The highest BCUT2D eigenvalue weighted by Crippen LogP contribution is 2.26. The number of rotatable bonds is 3. The van der Waals surface area contributed by atoms with Crippen molar-refractivity contribution in [1.82, 2.24) is 9.27 Å². The first-order valence-electron chi connectivity index (χ1n) is 7.54. The largest absolute Gasteiger partial charge is 0.378 e. The number of benzene rings is 1. The molecule has 1 aliphatic heterocycles. The fourth-order valence-corrected chi connectivity index (χ4v) is 3.71.